The molecule has 0 atom stereocenters. The van der Waals surface area contributed by atoms with Crippen molar-refractivity contribution in [2.75, 3.05) is 0 Å². The molecule has 0 bridgehead atoms. The van der Waals surface area contributed by atoms with Crippen molar-refractivity contribution in [3.05, 3.63) is 69.5 Å². The highest BCUT2D eigenvalue weighted by atomic mass is 35.5. The normalized spacial score (nSPS) is 11.6. The Hall–Kier alpha value is -1.10. The lowest BCUT2D eigenvalue weighted by atomic mass is 10.2. The first kappa shape index (κ1) is 15.3. The van der Waals surface area contributed by atoms with E-state index in [1.807, 2.05) is 0 Å². The summed E-state index contributed by atoms with van der Waals surface area (Å²) >= 11 is 11.6. The Morgan fingerprint density at radius 3 is 2.00 bits per heavy atom. The number of sulfone groups is 1. The fraction of sp³-hybridized carbons (Fsp3) is 0.143. The lowest BCUT2D eigenvalue weighted by molar-refractivity contribution is 0.594. The van der Waals surface area contributed by atoms with Gasteiger partial charge in [-0.3, -0.25) is 0 Å². The lowest BCUT2D eigenvalue weighted by Crippen LogP contribution is -2.07. The van der Waals surface area contributed by atoms with Crippen molar-refractivity contribution in [2.45, 2.75) is 11.5 Å². The maximum Gasteiger partial charge on any atom is 0.158 e. The Labute approximate surface area is 127 Å². The molecule has 0 N–H and O–H groups in total. The van der Waals surface area contributed by atoms with E-state index in [0.29, 0.717) is 21.2 Å². The molecule has 0 fully saturated rings. The third-order valence-electron chi connectivity index (χ3n) is 2.67. The highest BCUT2D eigenvalue weighted by molar-refractivity contribution is 7.89. The summed E-state index contributed by atoms with van der Waals surface area (Å²) in [6, 6.07) is 10.1. The maximum atomic E-state index is 12.8. The fourth-order valence-corrected chi connectivity index (χ4v) is 3.58. The Balaban J connectivity index is 2.14. The molecule has 0 radical (unpaired) electrons. The van der Waals surface area contributed by atoms with E-state index in [4.69, 9.17) is 23.2 Å². The van der Waals surface area contributed by atoms with Crippen LogP contribution >= 0.6 is 23.2 Å². The summed E-state index contributed by atoms with van der Waals surface area (Å²) in [5.74, 6) is -0.676. The van der Waals surface area contributed by atoms with Crippen LogP contribution in [0, 0.1) is 5.82 Å². The summed E-state index contributed by atoms with van der Waals surface area (Å²) in [5.41, 5.74) is 1.12. The largest absolute Gasteiger partial charge is 0.228 e. The number of hydrogen-bond donors (Lipinski definition) is 0. The molecule has 2 nitrogen and oxygen atoms in total. The van der Waals surface area contributed by atoms with E-state index in [1.165, 1.54) is 30.3 Å². The van der Waals surface area contributed by atoms with Gasteiger partial charge in [0.15, 0.2) is 9.84 Å². The van der Waals surface area contributed by atoms with Crippen molar-refractivity contribution in [1.29, 1.82) is 0 Å². The average Bonchev–Trinajstić information content (AvgIpc) is 2.36. The van der Waals surface area contributed by atoms with E-state index in [1.54, 1.807) is 12.1 Å². The van der Waals surface area contributed by atoms with Crippen LogP contribution in [-0.2, 0) is 21.3 Å². The Morgan fingerprint density at radius 1 is 0.850 bits per heavy atom. The highest BCUT2D eigenvalue weighted by Crippen LogP contribution is 2.24. The minimum atomic E-state index is -3.35. The monoisotopic (exact) mass is 332 g/mol. The zero-order valence-corrected chi connectivity index (χ0v) is 12.6. The van der Waals surface area contributed by atoms with Crippen molar-refractivity contribution < 1.29 is 12.8 Å². The van der Waals surface area contributed by atoms with Crippen LogP contribution in [-0.4, -0.2) is 8.42 Å². The summed E-state index contributed by atoms with van der Waals surface area (Å²) in [5, 5.41) is 0.701. The van der Waals surface area contributed by atoms with Crippen LogP contribution in [0.25, 0.3) is 0 Å². The zero-order valence-electron chi connectivity index (χ0n) is 10.3. The zero-order chi connectivity index (χ0) is 14.8. The van der Waals surface area contributed by atoms with E-state index < -0.39 is 15.7 Å². The van der Waals surface area contributed by atoms with Gasteiger partial charge in [0.2, 0.25) is 0 Å². The molecule has 0 amide bonds. The predicted molar refractivity (Wildman–Crippen MR) is 79.2 cm³/mol. The van der Waals surface area contributed by atoms with Crippen molar-refractivity contribution in [1.82, 2.24) is 0 Å². The summed E-state index contributed by atoms with van der Waals surface area (Å²) < 4.78 is 36.9. The van der Waals surface area contributed by atoms with Gasteiger partial charge in [-0.2, -0.15) is 0 Å². The van der Waals surface area contributed by atoms with Crippen LogP contribution in [0.5, 0.6) is 0 Å². The van der Waals surface area contributed by atoms with E-state index in [0.717, 1.165) is 0 Å². The third kappa shape index (κ3) is 4.20. The molecule has 0 saturated heterocycles. The Bertz CT molecular complexity index is 712. The second-order valence-electron chi connectivity index (χ2n) is 4.41. The number of benzene rings is 2. The summed E-state index contributed by atoms with van der Waals surface area (Å²) in [6.45, 7) is 0. The molecule has 2 rings (SSSR count). The Morgan fingerprint density at radius 2 is 1.40 bits per heavy atom. The minimum absolute atomic E-state index is 0.138. The molecule has 6 heteroatoms. The number of halogens is 3. The maximum absolute atomic E-state index is 12.8. The number of hydrogen-bond acceptors (Lipinski definition) is 2. The first-order chi connectivity index (χ1) is 9.35. The van der Waals surface area contributed by atoms with E-state index in [9.17, 15) is 12.8 Å². The SMILES string of the molecule is O=S(=O)(Cc1ccc(F)cc1)Cc1ccc(Cl)c(Cl)c1. The van der Waals surface area contributed by atoms with Gasteiger partial charge >= 0.3 is 0 Å². The lowest BCUT2D eigenvalue weighted by Gasteiger charge is -2.06. The molecule has 2 aromatic carbocycles. The fourth-order valence-electron chi connectivity index (χ4n) is 1.77. The van der Waals surface area contributed by atoms with Gasteiger partial charge in [0.25, 0.3) is 0 Å². The van der Waals surface area contributed by atoms with E-state index in [-0.39, 0.29) is 11.5 Å². The first-order valence-electron chi connectivity index (χ1n) is 5.74. The topological polar surface area (TPSA) is 34.1 Å². The van der Waals surface area contributed by atoms with Gasteiger partial charge in [-0.1, -0.05) is 41.4 Å². The third-order valence-corrected chi connectivity index (χ3v) is 4.96. The molecule has 0 saturated carbocycles. The molecule has 2 aromatic rings. The molecule has 0 spiro atoms. The van der Waals surface area contributed by atoms with Gasteiger partial charge in [-0.25, -0.2) is 12.8 Å². The molecule has 106 valence electrons. The summed E-state index contributed by atoms with van der Waals surface area (Å²) in [4.78, 5) is 0. The molecule has 0 aliphatic carbocycles. The standard InChI is InChI=1S/C14H11Cl2FO2S/c15-13-6-3-11(7-14(13)16)9-20(18,19)8-10-1-4-12(17)5-2-10/h1-7H,8-9H2. The van der Waals surface area contributed by atoms with Crippen LogP contribution in [0.4, 0.5) is 4.39 Å². The summed E-state index contributed by atoms with van der Waals surface area (Å²) in [7, 11) is -3.35. The van der Waals surface area contributed by atoms with Crippen molar-refractivity contribution in [2.24, 2.45) is 0 Å². The molecular formula is C14H11Cl2FO2S. The average molecular weight is 333 g/mol. The van der Waals surface area contributed by atoms with E-state index >= 15 is 0 Å². The van der Waals surface area contributed by atoms with Gasteiger partial charge in [-0.05, 0) is 35.4 Å². The predicted octanol–water partition coefficient (Wildman–Crippen LogP) is 4.25. The van der Waals surface area contributed by atoms with Crippen LogP contribution in [0.15, 0.2) is 42.5 Å². The second-order valence-corrected chi connectivity index (χ2v) is 7.29. The van der Waals surface area contributed by atoms with E-state index in [2.05, 4.69) is 0 Å². The molecule has 0 unspecified atom stereocenters. The second kappa shape index (κ2) is 6.12. The van der Waals surface area contributed by atoms with Gasteiger partial charge < -0.3 is 0 Å². The first-order valence-corrected chi connectivity index (χ1v) is 8.32. The molecule has 20 heavy (non-hydrogen) atoms. The van der Waals surface area contributed by atoms with Crippen LogP contribution in [0.1, 0.15) is 11.1 Å². The van der Waals surface area contributed by atoms with Gasteiger partial charge in [0.1, 0.15) is 5.82 Å². The van der Waals surface area contributed by atoms with Crippen LogP contribution < -0.4 is 0 Å². The van der Waals surface area contributed by atoms with Crippen molar-refractivity contribution in [3.63, 3.8) is 0 Å². The van der Waals surface area contributed by atoms with Gasteiger partial charge in [0.05, 0.1) is 21.6 Å². The molecule has 0 aliphatic heterocycles. The van der Waals surface area contributed by atoms with Crippen LogP contribution in [0.3, 0.4) is 0 Å². The molecule has 0 aromatic heterocycles. The summed E-state index contributed by atoms with van der Waals surface area (Å²) in [6.07, 6.45) is 0. The van der Waals surface area contributed by atoms with Gasteiger partial charge in [0, 0.05) is 0 Å². The van der Waals surface area contributed by atoms with Crippen molar-refractivity contribution in [3.8, 4) is 0 Å². The molecular weight excluding hydrogens is 322 g/mol. The van der Waals surface area contributed by atoms with Gasteiger partial charge in [-0.15, -0.1) is 0 Å². The Kier molecular flexibility index (Phi) is 4.68. The minimum Gasteiger partial charge on any atom is -0.228 e. The highest BCUT2D eigenvalue weighted by Gasteiger charge is 2.14. The molecule has 0 heterocycles. The smallest absolute Gasteiger partial charge is 0.158 e. The number of rotatable bonds is 4. The van der Waals surface area contributed by atoms with Crippen molar-refractivity contribution >= 4 is 33.0 Å². The quantitative estimate of drug-likeness (QED) is 0.838. The van der Waals surface area contributed by atoms with Crippen LogP contribution in [0.2, 0.25) is 10.0 Å². The molecule has 0 aliphatic rings.